The molecular formula is C16H16N4. The molecule has 1 aliphatic rings. The highest BCUT2D eigenvalue weighted by Gasteiger charge is 2.29. The molecule has 4 rings (SSSR count). The fraction of sp³-hybridized carbons (Fsp3) is 0.250. The number of pyridine rings is 1. The van der Waals surface area contributed by atoms with Gasteiger partial charge in [0, 0.05) is 23.5 Å². The van der Waals surface area contributed by atoms with Crippen molar-refractivity contribution in [1.29, 1.82) is 0 Å². The molecule has 2 N–H and O–H groups in total. The van der Waals surface area contributed by atoms with Crippen molar-refractivity contribution in [3.05, 3.63) is 42.2 Å². The normalized spacial score (nSPS) is 14.8. The molecule has 100 valence electrons. The van der Waals surface area contributed by atoms with Crippen LogP contribution >= 0.6 is 0 Å². The summed E-state index contributed by atoms with van der Waals surface area (Å²) in [5.74, 6) is 1.01. The van der Waals surface area contributed by atoms with E-state index in [0.29, 0.717) is 6.04 Å². The van der Waals surface area contributed by atoms with Crippen LogP contribution in [0.2, 0.25) is 0 Å². The molecule has 0 radical (unpaired) electrons. The third kappa shape index (κ3) is 1.68. The zero-order valence-corrected chi connectivity index (χ0v) is 11.4. The van der Waals surface area contributed by atoms with Crippen LogP contribution in [0.3, 0.4) is 0 Å². The van der Waals surface area contributed by atoms with Crippen LogP contribution in [0.4, 0.5) is 5.69 Å². The highest BCUT2D eigenvalue weighted by atomic mass is 15.1. The van der Waals surface area contributed by atoms with Gasteiger partial charge in [0.2, 0.25) is 0 Å². The summed E-state index contributed by atoms with van der Waals surface area (Å²) in [4.78, 5) is 8.97. The standard InChI is InChI=1S/C16H16N4/c1-10-2-3-11(17)8-13(10)16-19-14-9-18-7-6-15(14)20(16)12-4-5-12/h2-3,6-9,12H,4-5,17H2,1H3. The fourth-order valence-corrected chi connectivity index (χ4v) is 2.72. The Labute approximate surface area is 117 Å². The van der Waals surface area contributed by atoms with E-state index in [2.05, 4.69) is 22.5 Å². The van der Waals surface area contributed by atoms with Gasteiger partial charge in [0.1, 0.15) is 11.3 Å². The number of imidazole rings is 1. The number of anilines is 1. The Bertz CT molecular complexity index is 799. The highest BCUT2D eigenvalue weighted by Crippen LogP contribution is 2.41. The van der Waals surface area contributed by atoms with Crippen LogP contribution in [0.25, 0.3) is 22.4 Å². The van der Waals surface area contributed by atoms with Crippen LogP contribution in [0.1, 0.15) is 24.4 Å². The lowest BCUT2D eigenvalue weighted by Crippen LogP contribution is -1.99. The van der Waals surface area contributed by atoms with Crippen LogP contribution in [0, 0.1) is 6.92 Å². The molecule has 2 aromatic heterocycles. The summed E-state index contributed by atoms with van der Waals surface area (Å²) < 4.78 is 2.35. The van der Waals surface area contributed by atoms with Crippen LogP contribution in [-0.2, 0) is 0 Å². The van der Waals surface area contributed by atoms with Gasteiger partial charge in [0.25, 0.3) is 0 Å². The van der Waals surface area contributed by atoms with Crippen molar-refractivity contribution in [2.24, 2.45) is 0 Å². The number of nitrogens with two attached hydrogens (primary N) is 1. The maximum Gasteiger partial charge on any atom is 0.141 e. The highest BCUT2D eigenvalue weighted by molar-refractivity contribution is 5.81. The number of hydrogen-bond acceptors (Lipinski definition) is 3. The first-order valence-electron chi connectivity index (χ1n) is 6.92. The summed E-state index contributed by atoms with van der Waals surface area (Å²) in [6.07, 6.45) is 6.11. The van der Waals surface area contributed by atoms with Crippen molar-refractivity contribution in [3.63, 3.8) is 0 Å². The van der Waals surface area contributed by atoms with E-state index in [1.54, 1.807) is 0 Å². The van der Waals surface area contributed by atoms with E-state index in [1.807, 2.05) is 30.6 Å². The number of aromatic nitrogens is 3. The minimum absolute atomic E-state index is 0.568. The first-order valence-corrected chi connectivity index (χ1v) is 6.92. The zero-order valence-electron chi connectivity index (χ0n) is 11.4. The van der Waals surface area contributed by atoms with Crippen LogP contribution in [0.5, 0.6) is 0 Å². The summed E-state index contributed by atoms with van der Waals surface area (Å²) in [6.45, 7) is 2.10. The quantitative estimate of drug-likeness (QED) is 0.722. The zero-order chi connectivity index (χ0) is 13.7. The lowest BCUT2D eigenvalue weighted by Gasteiger charge is -2.10. The Balaban J connectivity index is 2.03. The van der Waals surface area contributed by atoms with E-state index in [4.69, 9.17) is 10.7 Å². The Morgan fingerprint density at radius 1 is 1.25 bits per heavy atom. The molecule has 0 unspecified atom stereocenters. The summed E-state index contributed by atoms with van der Waals surface area (Å²) >= 11 is 0. The average Bonchev–Trinajstić information content (AvgIpc) is 3.21. The predicted molar refractivity (Wildman–Crippen MR) is 80.4 cm³/mol. The Hall–Kier alpha value is -2.36. The first kappa shape index (κ1) is 11.5. The molecule has 0 bridgehead atoms. The molecular weight excluding hydrogens is 248 g/mol. The smallest absolute Gasteiger partial charge is 0.141 e. The second kappa shape index (κ2) is 4.07. The number of fused-ring (bicyclic) bond motifs is 1. The molecule has 0 aliphatic heterocycles. The molecule has 0 saturated heterocycles. The summed E-state index contributed by atoms with van der Waals surface area (Å²) in [5.41, 5.74) is 11.2. The molecule has 0 atom stereocenters. The van der Waals surface area contributed by atoms with Crippen molar-refractivity contribution in [3.8, 4) is 11.4 Å². The topological polar surface area (TPSA) is 56.7 Å². The minimum atomic E-state index is 0.568. The van der Waals surface area contributed by atoms with Crippen molar-refractivity contribution in [1.82, 2.24) is 14.5 Å². The summed E-state index contributed by atoms with van der Waals surface area (Å²) in [6, 6.07) is 8.62. The molecule has 0 amide bonds. The molecule has 2 heterocycles. The van der Waals surface area contributed by atoms with Crippen molar-refractivity contribution in [2.75, 3.05) is 5.73 Å². The minimum Gasteiger partial charge on any atom is -0.399 e. The monoisotopic (exact) mass is 264 g/mol. The number of nitrogen functional groups attached to an aromatic ring is 1. The van der Waals surface area contributed by atoms with E-state index in [1.165, 1.54) is 23.9 Å². The summed E-state index contributed by atoms with van der Waals surface area (Å²) in [5, 5.41) is 0. The number of rotatable bonds is 2. The first-order chi connectivity index (χ1) is 9.74. The molecule has 4 heteroatoms. The van der Waals surface area contributed by atoms with Gasteiger partial charge in [-0.25, -0.2) is 4.98 Å². The molecule has 4 nitrogen and oxygen atoms in total. The van der Waals surface area contributed by atoms with Gasteiger partial charge in [-0.15, -0.1) is 0 Å². The average molecular weight is 264 g/mol. The fourth-order valence-electron chi connectivity index (χ4n) is 2.72. The number of hydrogen-bond donors (Lipinski definition) is 1. The second-order valence-corrected chi connectivity index (χ2v) is 5.48. The van der Waals surface area contributed by atoms with Crippen LogP contribution in [-0.4, -0.2) is 14.5 Å². The van der Waals surface area contributed by atoms with Gasteiger partial charge in [0.05, 0.1) is 11.7 Å². The van der Waals surface area contributed by atoms with Gasteiger partial charge in [-0.2, -0.15) is 0 Å². The number of nitrogens with zero attached hydrogens (tertiary/aromatic N) is 3. The SMILES string of the molecule is Cc1ccc(N)cc1-c1nc2cnccc2n1C1CC1. The van der Waals surface area contributed by atoms with Crippen molar-refractivity contribution in [2.45, 2.75) is 25.8 Å². The number of aryl methyl sites for hydroxylation is 1. The maximum absolute atomic E-state index is 5.95. The van der Waals surface area contributed by atoms with E-state index in [9.17, 15) is 0 Å². The lowest BCUT2D eigenvalue weighted by atomic mass is 10.1. The van der Waals surface area contributed by atoms with Crippen LogP contribution < -0.4 is 5.73 Å². The van der Waals surface area contributed by atoms with Gasteiger partial charge in [-0.3, -0.25) is 4.98 Å². The Morgan fingerprint density at radius 2 is 2.10 bits per heavy atom. The predicted octanol–water partition coefficient (Wildman–Crippen LogP) is 3.32. The largest absolute Gasteiger partial charge is 0.399 e. The van der Waals surface area contributed by atoms with E-state index in [0.717, 1.165) is 22.6 Å². The van der Waals surface area contributed by atoms with Crippen LogP contribution in [0.15, 0.2) is 36.7 Å². The second-order valence-electron chi connectivity index (χ2n) is 5.48. The van der Waals surface area contributed by atoms with E-state index < -0.39 is 0 Å². The molecule has 1 saturated carbocycles. The molecule has 1 aromatic carbocycles. The number of benzene rings is 1. The lowest BCUT2D eigenvalue weighted by molar-refractivity contribution is 0.774. The molecule has 1 aliphatic carbocycles. The molecule has 3 aromatic rings. The summed E-state index contributed by atoms with van der Waals surface area (Å²) in [7, 11) is 0. The van der Waals surface area contributed by atoms with Crippen molar-refractivity contribution < 1.29 is 0 Å². The maximum atomic E-state index is 5.95. The third-order valence-electron chi connectivity index (χ3n) is 3.91. The third-order valence-corrected chi connectivity index (χ3v) is 3.91. The van der Waals surface area contributed by atoms with Crippen molar-refractivity contribution >= 4 is 16.7 Å². The van der Waals surface area contributed by atoms with Gasteiger partial charge in [0.15, 0.2) is 0 Å². The Kier molecular flexibility index (Phi) is 2.33. The molecule has 20 heavy (non-hydrogen) atoms. The van der Waals surface area contributed by atoms with Gasteiger partial charge >= 0.3 is 0 Å². The van der Waals surface area contributed by atoms with E-state index >= 15 is 0 Å². The Morgan fingerprint density at radius 3 is 2.90 bits per heavy atom. The van der Waals surface area contributed by atoms with Gasteiger partial charge < -0.3 is 10.3 Å². The van der Waals surface area contributed by atoms with E-state index in [-0.39, 0.29) is 0 Å². The molecule has 1 fully saturated rings. The van der Waals surface area contributed by atoms with Gasteiger partial charge in [-0.1, -0.05) is 6.07 Å². The van der Waals surface area contributed by atoms with Gasteiger partial charge in [-0.05, 0) is 43.5 Å². The molecule has 0 spiro atoms.